The van der Waals surface area contributed by atoms with Gasteiger partial charge >= 0.3 is 0 Å². The van der Waals surface area contributed by atoms with Crippen molar-refractivity contribution in [2.45, 2.75) is 194 Å². The van der Waals surface area contributed by atoms with Gasteiger partial charge in [-0.2, -0.15) is 0 Å². The molecule has 0 unspecified atom stereocenters. The maximum atomic E-state index is 2.75. The molecule has 2 spiro atoms. The van der Waals surface area contributed by atoms with Crippen molar-refractivity contribution in [1.29, 1.82) is 0 Å². The Morgan fingerprint density at radius 3 is 0.685 bits per heavy atom. The molecule has 0 radical (unpaired) electrons. The average Bonchev–Trinajstić information content (AvgIpc) is 1.54. The standard InChI is InChI=1S/C138H127BN4/c1-130(2,3)90-50-46-86(47-51-90)89-80-127-129-128(81-89)143(124-77-61-96(136(19,20)21)83-112(124)88-49-73-110-108-39-27-33-45-118(108)138(120(110)79-88)115-42-30-24-36-105(115)106-37-25-31-43-116(106)138)126-85-102(141(99-66-56-93(57-67-99)133(10,11)12)100-68-58-94(59-69-100)134(13,14)15)71-75-122(126)139(129)121-74-70-101(140(97-62-52-91(53-63-97)131(4,5)6)98-64-54-92(55-65-98)132(7,8)9)84-125(121)142(127)123-76-60-95(135(16,17)18)82-111(123)87-48-72-109-107-38-26-32-44-117(107)137(119(109)78-87)113-40-28-22-34-103(113)104-35-23-29-41-114(104)137/h22-85H,1-21H3. The van der Waals surface area contributed by atoms with Gasteiger partial charge in [-0.3, -0.25) is 0 Å². The van der Waals surface area contributed by atoms with Gasteiger partial charge in [0.25, 0.3) is 6.71 Å². The first kappa shape index (κ1) is 90.8. The fourth-order valence-corrected chi connectivity index (χ4v) is 24.8. The van der Waals surface area contributed by atoms with E-state index >= 15 is 0 Å². The zero-order chi connectivity index (χ0) is 99.0. The Morgan fingerprint density at radius 2 is 0.413 bits per heavy atom. The smallest absolute Gasteiger partial charge is 0.252 e. The van der Waals surface area contributed by atoms with Gasteiger partial charge in [0.15, 0.2) is 0 Å². The van der Waals surface area contributed by atoms with Crippen molar-refractivity contribution < 1.29 is 0 Å². The van der Waals surface area contributed by atoms with Crippen LogP contribution in [0, 0.1) is 0 Å². The first-order valence-corrected chi connectivity index (χ1v) is 51.7. The lowest BCUT2D eigenvalue weighted by molar-refractivity contribution is 0.590. The first-order valence-electron chi connectivity index (χ1n) is 51.7. The highest BCUT2D eigenvalue weighted by Gasteiger charge is 2.55. The van der Waals surface area contributed by atoms with Crippen LogP contribution in [0.5, 0.6) is 0 Å². The van der Waals surface area contributed by atoms with Crippen LogP contribution >= 0.6 is 0 Å². The molecule has 0 N–H and O–H groups in total. The van der Waals surface area contributed by atoms with E-state index in [-0.39, 0.29) is 44.6 Å². The van der Waals surface area contributed by atoms with Crippen LogP contribution < -0.4 is 36.0 Å². The zero-order valence-corrected chi connectivity index (χ0v) is 86.8. The molecule has 18 aromatic carbocycles. The van der Waals surface area contributed by atoms with Gasteiger partial charge in [-0.05, 0) is 326 Å². The van der Waals surface area contributed by atoms with Crippen molar-refractivity contribution in [1.82, 2.24) is 0 Å². The molecule has 143 heavy (non-hydrogen) atoms. The lowest BCUT2D eigenvalue weighted by Gasteiger charge is -2.46. The third-order valence-corrected chi connectivity index (χ3v) is 32.4. The highest BCUT2D eigenvalue weighted by atomic mass is 15.2. The first-order chi connectivity index (χ1) is 68.3. The molecule has 2 heterocycles. The fourth-order valence-electron chi connectivity index (χ4n) is 24.8. The second-order valence-corrected chi connectivity index (χ2v) is 48.5. The van der Waals surface area contributed by atoms with Gasteiger partial charge in [0.05, 0.1) is 22.2 Å². The zero-order valence-electron chi connectivity index (χ0n) is 86.8. The van der Waals surface area contributed by atoms with Gasteiger partial charge in [0.1, 0.15) is 0 Å². The minimum atomic E-state index is -0.600. The van der Waals surface area contributed by atoms with Gasteiger partial charge < -0.3 is 19.6 Å². The number of nitrogens with zero attached hydrogens (tertiary/aromatic N) is 4. The third-order valence-electron chi connectivity index (χ3n) is 32.4. The summed E-state index contributed by atoms with van der Waals surface area (Å²) in [4.78, 5) is 10.6. The quantitative estimate of drug-likeness (QED) is 0.120. The molecule has 0 aromatic heterocycles. The average molecular weight is 1850 g/mol. The Labute approximate surface area is 848 Å². The largest absolute Gasteiger partial charge is 0.311 e. The van der Waals surface area contributed by atoms with Crippen LogP contribution in [-0.2, 0) is 48.7 Å². The molecular weight excluding hydrogens is 1720 g/mol. The monoisotopic (exact) mass is 1850 g/mol. The van der Waals surface area contributed by atoms with Gasteiger partial charge in [-0.15, -0.1) is 0 Å². The lowest BCUT2D eigenvalue weighted by atomic mass is 9.33. The molecule has 0 bridgehead atoms. The summed E-state index contributed by atoms with van der Waals surface area (Å²) in [6.07, 6.45) is 0. The van der Waals surface area contributed by atoms with Crippen LogP contribution in [0.3, 0.4) is 0 Å². The molecule has 2 aliphatic heterocycles. The Hall–Kier alpha value is -14.8. The van der Waals surface area contributed by atoms with Crippen molar-refractivity contribution in [2.24, 2.45) is 0 Å². The molecule has 6 aliphatic rings. The van der Waals surface area contributed by atoms with Crippen LogP contribution in [0.1, 0.15) is 229 Å². The topological polar surface area (TPSA) is 13.0 Å². The molecule has 5 heteroatoms. The van der Waals surface area contributed by atoms with Crippen LogP contribution in [-0.4, -0.2) is 6.71 Å². The predicted octanol–water partition coefficient (Wildman–Crippen LogP) is 35.5. The Morgan fingerprint density at radius 1 is 0.175 bits per heavy atom. The van der Waals surface area contributed by atoms with Crippen LogP contribution in [0.15, 0.2) is 388 Å². The summed E-state index contributed by atoms with van der Waals surface area (Å²) in [6, 6.07) is 153. The molecule has 24 rings (SSSR count). The molecule has 18 aromatic rings. The van der Waals surface area contributed by atoms with E-state index in [2.05, 4.69) is 553 Å². The van der Waals surface area contributed by atoms with E-state index < -0.39 is 10.8 Å². The molecule has 4 aliphatic carbocycles. The van der Waals surface area contributed by atoms with Gasteiger partial charge in [0.2, 0.25) is 0 Å². The van der Waals surface area contributed by atoms with E-state index in [0.717, 1.165) is 102 Å². The second kappa shape index (κ2) is 32.4. The maximum Gasteiger partial charge on any atom is 0.252 e. The predicted molar refractivity (Wildman–Crippen MR) is 610 cm³/mol. The summed E-state index contributed by atoms with van der Waals surface area (Å²) in [5, 5.41) is 0. The molecular formula is C138H127BN4. The number of benzene rings is 18. The molecule has 0 atom stereocenters. The van der Waals surface area contributed by atoms with E-state index in [1.54, 1.807) is 0 Å². The van der Waals surface area contributed by atoms with Crippen molar-refractivity contribution in [3.8, 4) is 77.9 Å². The highest BCUT2D eigenvalue weighted by molar-refractivity contribution is 7.00. The highest BCUT2D eigenvalue weighted by Crippen LogP contribution is 2.67. The number of fused-ring (bicyclic) bond motifs is 24. The van der Waals surface area contributed by atoms with E-state index in [0.29, 0.717) is 0 Å². The summed E-state index contributed by atoms with van der Waals surface area (Å²) in [6.45, 7) is 48.9. The lowest BCUT2D eigenvalue weighted by Crippen LogP contribution is -2.61. The van der Waals surface area contributed by atoms with Crippen molar-refractivity contribution in [3.05, 3.63) is 472 Å². The molecule has 0 fully saturated rings. The van der Waals surface area contributed by atoms with E-state index in [9.17, 15) is 0 Å². The summed E-state index contributed by atoms with van der Waals surface area (Å²) < 4.78 is 0. The molecule has 0 saturated heterocycles. The molecule has 702 valence electrons. The number of hydrogen-bond acceptors (Lipinski definition) is 4. The SMILES string of the molecule is CC(C)(C)c1ccc(-c2cc3c4c(c2)N(c2ccc(C(C)(C)C)cc2-c2ccc5c(c2)C2(c6ccccc6-c6ccccc62)c2ccccc2-5)c2cc(N(c5ccc(C(C)(C)C)cc5)c5ccc(C(C)(C)C)cc5)ccc2B4c2ccc(N(c4ccc(C(C)(C)C)cc4)c4ccc(C(C)(C)C)cc4)cc2N3c2ccc(C(C)(C)C)cc2-c2ccc3c(c2)C2(c4ccccc4-c4ccccc42)c2ccccc2-3)cc1. The number of rotatable bonds is 11. The van der Waals surface area contributed by atoms with Crippen LogP contribution in [0.2, 0.25) is 0 Å². The summed E-state index contributed by atoms with van der Waals surface area (Å²) in [5.41, 5.74) is 51.0. The van der Waals surface area contributed by atoms with Crippen LogP contribution in [0.4, 0.5) is 68.2 Å². The van der Waals surface area contributed by atoms with Gasteiger partial charge in [0, 0.05) is 68.0 Å². The Kier molecular flexibility index (Phi) is 20.5. The van der Waals surface area contributed by atoms with Crippen molar-refractivity contribution in [2.75, 3.05) is 19.6 Å². The second-order valence-electron chi connectivity index (χ2n) is 48.5. The maximum absolute atomic E-state index is 2.75. The van der Waals surface area contributed by atoms with E-state index in [1.165, 1.54) is 144 Å². The normalized spacial score (nSPS) is 14.3. The van der Waals surface area contributed by atoms with E-state index in [4.69, 9.17) is 0 Å². The fraction of sp³-hybridized carbons (Fsp3) is 0.217. The number of anilines is 12. The molecule has 0 amide bonds. The van der Waals surface area contributed by atoms with Gasteiger partial charge in [-0.25, -0.2) is 0 Å². The van der Waals surface area contributed by atoms with Gasteiger partial charge in [-0.1, -0.05) is 412 Å². The molecule has 4 nitrogen and oxygen atoms in total. The van der Waals surface area contributed by atoms with Crippen molar-refractivity contribution >= 4 is 91.3 Å². The summed E-state index contributed by atoms with van der Waals surface area (Å²) >= 11 is 0. The minimum absolute atomic E-state index is 0.0778. The minimum Gasteiger partial charge on any atom is -0.311 e. The van der Waals surface area contributed by atoms with E-state index in [1.807, 2.05) is 0 Å². The third kappa shape index (κ3) is 14.3. The Bertz CT molecular complexity index is 7520. The summed E-state index contributed by atoms with van der Waals surface area (Å²) in [7, 11) is 0. The Balaban J connectivity index is 0.834. The van der Waals surface area contributed by atoms with Crippen LogP contribution in [0.25, 0.3) is 77.9 Å². The molecule has 0 saturated carbocycles. The number of hydrogen-bond donors (Lipinski definition) is 0. The van der Waals surface area contributed by atoms with Crippen molar-refractivity contribution in [3.63, 3.8) is 0 Å². The summed E-state index contributed by atoms with van der Waals surface area (Å²) in [5.74, 6) is 0.